The van der Waals surface area contributed by atoms with Gasteiger partial charge in [0, 0.05) is 22.7 Å². The van der Waals surface area contributed by atoms with Gasteiger partial charge < -0.3 is 4.57 Å². The molecule has 2 heterocycles. The summed E-state index contributed by atoms with van der Waals surface area (Å²) < 4.78 is 17.0. The van der Waals surface area contributed by atoms with Gasteiger partial charge in [-0.25, -0.2) is 4.39 Å². The van der Waals surface area contributed by atoms with Crippen molar-refractivity contribution >= 4 is 64.9 Å². The van der Waals surface area contributed by atoms with Gasteiger partial charge in [-0.3, -0.25) is 4.98 Å². The Balaban J connectivity index is 1.41. The lowest BCUT2D eigenvalue weighted by Crippen LogP contribution is -1.97. The van der Waals surface area contributed by atoms with Crippen LogP contribution in [0.1, 0.15) is 0 Å². The average molecular weight is 615 g/mol. The Morgan fingerprint density at radius 3 is 1.65 bits per heavy atom. The van der Waals surface area contributed by atoms with Crippen LogP contribution in [0, 0.1) is 5.82 Å². The van der Waals surface area contributed by atoms with Crippen LogP contribution >= 0.6 is 0 Å². The number of rotatable bonds is 3. The third-order valence-electron chi connectivity index (χ3n) is 9.92. The molecule has 0 unspecified atom stereocenters. The molecule has 0 saturated carbocycles. The molecule has 0 amide bonds. The van der Waals surface area contributed by atoms with E-state index in [0.717, 1.165) is 32.9 Å². The first-order valence-electron chi connectivity index (χ1n) is 16.2. The van der Waals surface area contributed by atoms with Gasteiger partial charge in [0.1, 0.15) is 5.82 Å². The molecule has 0 N–H and O–H groups in total. The van der Waals surface area contributed by atoms with E-state index in [2.05, 4.69) is 137 Å². The van der Waals surface area contributed by atoms with Crippen molar-refractivity contribution in [2.45, 2.75) is 0 Å². The van der Waals surface area contributed by atoms with Gasteiger partial charge in [-0.1, -0.05) is 115 Å². The minimum Gasteiger partial charge on any atom is -0.308 e. The van der Waals surface area contributed by atoms with Crippen LogP contribution in [-0.2, 0) is 0 Å². The van der Waals surface area contributed by atoms with Crippen LogP contribution in [0.3, 0.4) is 0 Å². The molecule has 0 saturated heterocycles. The molecule has 2 aromatic heterocycles. The molecule has 0 aliphatic heterocycles. The van der Waals surface area contributed by atoms with E-state index in [1.165, 1.54) is 66.0 Å². The molecule has 0 fully saturated rings. The first-order valence-corrected chi connectivity index (χ1v) is 16.2. The van der Waals surface area contributed by atoms with Crippen molar-refractivity contribution in [1.29, 1.82) is 0 Å². The van der Waals surface area contributed by atoms with E-state index in [1.54, 1.807) is 12.3 Å². The Kier molecular flexibility index (Phi) is 5.79. The monoisotopic (exact) mass is 614 g/mol. The van der Waals surface area contributed by atoms with Crippen LogP contribution < -0.4 is 0 Å². The Hall–Kier alpha value is -6.32. The number of fused-ring (bicyclic) bond motifs is 7. The molecule has 0 bridgehead atoms. The molecule has 2 nitrogen and oxygen atoms in total. The molecule has 8 aromatic carbocycles. The summed E-state index contributed by atoms with van der Waals surface area (Å²) in [5.41, 5.74) is 7.51. The first kappa shape index (κ1) is 26.9. The highest BCUT2D eigenvalue weighted by atomic mass is 19.1. The summed E-state index contributed by atoms with van der Waals surface area (Å²) in [6.07, 6.45) is 3.68. The average Bonchev–Trinajstić information content (AvgIpc) is 3.46. The normalized spacial score (nSPS) is 11.9. The fourth-order valence-corrected chi connectivity index (χ4v) is 7.89. The highest BCUT2D eigenvalue weighted by Gasteiger charge is 2.21. The van der Waals surface area contributed by atoms with Gasteiger partial charge in [-0.05, 0) is 102 Å². The summed E-state index contributed by atoms with van der Waals surface area (Å²) in [5.74, 6) is -0.263. The lowest BCUT2D eigenvalue weighted by Gasteiger charge is -2.21. The maximum Gasteiger partial charge on any atom is 0.125 e. The lowest BCUT2D eigenvalue weighted by atomic mass is 9.83. The standard InChI is InChI=1S/C45H27FN2/c46-30-19-21-34-35-23-24-47-27-43(35)48(42(34)25-30)31-20-22-40-41(26-31)45(37-18-8-12-29-10-2-4-14-33(29)37)39-16-6-5-15-38(39)44(40)36-17-7-11-28-9-1-3-13-32(28)36/h1-27H. The van der Waals surface area contributed by atoms with Crippen molar-refractivity contribution in [3.63, 3.8) is 0 Å². The minimum atomic E-state index is -0.263. The predicted octanol–water partition coefficient (Wildman–Crippen LogP) is 12.3. The molecule has 10 rings (SSSR count). The van der Waals surface area contributed by atoms with E-state index in [0.29, 0.717) is 0 Å². The Bertz CT molecular complexity index is 2910. The number of nitrogens with zero attached hydrogens (tertiary/aromatic N) is 2. The molecular weight excluding hydrogens is 588 g/mol. The van der Waals surface area contributed by atoms with Gasteiger partial charge in [-0.15, -0.1) is 0 Å². The highest BCUT2D eigenvalue weighted by Crippen LogP contribution is 2.47. The fourth-order valence-electron chi connectivity index (χ4n) is 7.89. The second-order valence-electron chi connectivity index (χ2n) is 12.5. The van der Waals surface area contributed by atoms with Crippen molar-refractivity contribution in [2.24, 2.45) is 0 Å². The van der Waals surface area contributed by atoms with Gasteiger partial charge in [-0.2, -0.15) is 0 Å². The van der Waals surface area contributed by atoms with Gasteiger partial charge in [0.15, 0.2) is 0 Å². The Morgan fingerprint density at radius 2 is 0.958 bits per heavy atom. The molecular formula is C45H27FN2. The molecule has 3 heteroatoms. The summed E-state index contributed by atoms with van der Waals surface area (Å²) in [6.45, 7) is 0. The third-order valence-corrected chi connectivity index (χ3v) is 9.92. The zero-order valence-electron chi connectivity index (χ0n) is 25.9. The van der Waals surface area contributed by atoms with Gasteiger partial charge >= 0.3 is 0 Å². The second-order valence-corrected chi connectivity index (χ2v) is 12.5. The molecule has 0 radical (unpaired) electrons. The van der Waals surface area contributed by atoms with Crippen LogP contribution in [0.25, 0.3) is 92.8 Å². The van der Waals surface area contributed by atoms with Crippen LogP contribution in [0.2, 0.25) is 0 Å². The zero-order valence-corrected chi connectivity index (χ0v) is 25.9. The van der Waals surface area contributed by atoms with Gasteiger partial charge in [0.2, 0.25) is 0 Å². The van der Waals surface area contributed by atoms with Gasteiger partial charge in [0.05, 0.1) is 17.2 Å². The number of hydrogen-bond acceptors (Lipinski definition) is 1. The van der Waals surface area contributed by atoms with Crippen molar-refractivity contribution < 1.29 is 4.39 Å². The number of aromatic nitrogens is 2. The molecule has 48 heavy (non-hydrogen) atoms. The molecule has 224 valence electrons. The minimum absolute atomic E-state index is 0.263. The summed E-state index contributed by atoms with van der Waals surface area (Å²) in [4.78, 5) is 4.49. The van der Waals surface area contributed by atoms with E-state index in [9.17, 15) is 4.39 Å². The van der Waals surface area contributed by atoms with Gasteiger partial charge in [0.25, 0.3) is 0 Å². The van der Waals surface area contributed by atoms with Crippen molar-refractivity contribution in [1.82, 2.24) is 9.55 Å². The maximum atomic E-state index is 14.9. The predicted molar refractivity (Wildman–Crippen MR) is 199 cm³/mol. The van der Waals surface area contributed by atoms with E-state index >= 15 is 0 Å². The summed E-state index contributed by atoms with van der Waals surface area (Å²) >= 11 is 0. The third kappa shape index (κ3) is 3.88. The summed E-state index contributed by atoms with van der Waals surface area (Å²) in [6, 6.07) is 53.0. The van der Waals surface area contributed by atoms with Crippen molar-refractivity contribution in [3.05, 3.63) is 170 Å². The SMILES string of the molecule is Fc1ccc2c3ccncc3n(-c3ccc4c(-c5cccc6ccccc56)c5ccccc5c(-c5cccc6ccccc56)c4c3)c2c1. The largest absolute Gasteiger partial charge is 0.308 e. The molecule has 0 aliphatic carbocycles. The first-order chi connectivity index (χ1) is 23.7. The Morgan fingerprint density at radius 1 is 0.417 bits per heavy atom. The maximum absolute atomic E-state index is 14.9. The summed E-state index contributed by atoms with van der Waals surface area (Å²) in [5, 5.41) is 11.6. The quantitative estimate of drug-likeness (QED) is 0.181. The van der Waals surface area contributed by atoms with Crippen LogP contribution in [-0.4, -0.2) is 9.55 Å². The number of benzene rings is 8. The number of pyridine rings is 1. The van der Waals surface area contributed by atoms with Crippen LogP contribution in [0.5, 0.6) is 0 Å². The second kappa shape index (κ2) is 10.3. The Labute approximate surface area is 275 Å². The van der Waals surface area contributed by atoms with Crippen molar-refractivity contribution in [2.75, 3.05) is 0 Å². The van der Waals surface area contributed by atoms with Crippen molar-refractivity contribution in [3.8, 4) is 27.9 Å². The highest BCUT2D eigenvalue weighted by molar-refractivity contribution is 6.25. The van der Waals surface area contributed by atoms with E-state index in [1.807, 2.05) is 18.3 Å². The topological polar surface area (TPSA) is 17.8 Å². The number of halogens is 1. The zero-order chi connectivity index (χ0) is 31.8. The smallest absolute Gasteiger partial charge is 0.125 e. The molecule has 0 aliphatic rings. The van der Waals surface area contributed by atoms with E-state index in [4.69, 9.17) is 0 Å². The fraction of sp³-hybridized carbons (Fsp3) is 0. The van der Waals surface area contributed by atoms with Crippen LogP contribution in [0.15, 0.2) is 164 Å². The lowest BCUT2D eigenvalue weighted by molar-refractivity contribution is 0.629. The van der Waals surface area contributed by atoms with E-state index in [-0.39, 0.29) is 5.82 Å². The van der Waals surface area contributed by atoms with E-state index < -0.39 is 0 Å². The van der Waals surface area contributed by atoms with Crippen LogP contribution in [0.4, 0.5) is 4.39 Å². The molecule has 0 atom stereocenters. The molecule has 10 aromatic rings. The summed E-state index contributed by atoms with van der Waals surface area (Å²) in [7, 11) is 0. The number of hydrogen-bond donors (Lipinski definition) is 0. The molecule has 0 spiro atoms.